The van der Waals surface area contributed by atoms with Crippen LogP contribution in [0, 0.1) is 11.7 Å². The van der Waals surface area contributed by atoms with Crippen molar-refractivity contribution in [3.63, 3.8) is 0 Å². The van der Waals surface area contributed by atoms with Crippen LogP contribution in [0.5, 0.6) is 5.75 Å². The Kier molecular flexibility index (Phi) is 5.20. The summed E-state index contributed by atoms with van der Waals surface area (Å²) in [6.45, 7) is 3.24. The highest BCUT2D eigenvalue weighted by molar-refractivity contribution is 5.31. The molecule has 1 aromatic rings. The quantitative estimate of drug-likeness (QED) is 0.849. The molecule has 1 N–H and O–H groups in total. The summed E-state index contributed by atoms with van der Waals surface area (Å²) in [7, 11) is 1.52. The van der Waals surface area contributed by atoms with E-state index in [-0.39, 0.29) is 5.82 Å². The monoisotopic (exact) mass is 265 g/mol. The predicted octanol–water partition coefficient (Wildman–Crippen LogP) is 3.55. The summed E-state index contributed by atoms with van der Waals surface area (Å²) in [6.07, 6.45) is 5.62. The molecular formula is C16H24FNO. The van der Waals surface area contributed by atoms with E-state index in [9.17, 15) is 4.39 Å². The molecule has 0 radical (unpaired) electrons. The van der Waals surface area contributed by atoms with Crippen LogP contribution in [0.4, 0.5) is 4.39 Å². The van der Waals surface area contributed by atoms with Crippen molar-refractivity contribution in [1.82, 2.24) is 5.32 Å². The Morgan fingerprint density at radius 1 is 1.37 bits per heavy atom. The molecule has 0 aromatic heterocycles. The van der Waals surface area contributed by atoms with E-state index in [1.165, 1.54) is 26.4 Å². The highest BCUT2D eigenvalue weighted by Crippen LogP contribution is 2.31. The van der Waals surface area contributed by atoms with Gasteiger partial charge in [-0.3, -0.25) is 0 Å². The van der Waals surface area contributed by atoms with Crippen LogP contribution >= 0.6 is 0 Å². The lowest BCUT2D eigenvalue weighted by molar-refractivity contribution is 0.372. The Labute approximate surface area is 115 Å². The lowest BCUT2D eigenvalue weighted by Crippen LogP contribution is -2.34. The molecule has 1 aliphatic carbocycles. The molecule has 2 atom stereocenters. The molecular weight excluding hydrogens is 241 g/mol. The molecule has 2 nitrogen and oxygen atoms in total. The lowest BCUT2D eigenvalue weighted by Gasteiger charge is -2.21. The molecule has 0 spiro atoms. The third-order valence-corrected chi connectivity index (χ3v) is 4.06. The molecule has 0 heterocycles. The fraction of sp³-hybridized carbons (Fsp3) is 0.625. The first-order valence-electron chi connectivity index (χ1n) is 7.31. The first kappa shape index (κ1) is 14.3. The first-order chi connectivity index (χ1) is 9.26. The average Bonchev–Trinajstić information content (AvgIpc) is 2.86. The van der Waals surface area contributed by atoms with Crippen molar-refractivity contribution in [2.75, 3.05) is 13.7 Å². The summed E-state index contributed by atoms with van der Waals surface area (Å²) in [4.78, 5) is 0. The van der Waals surface area contributed by atoms with E-state index in [0.717, 1.165) is 24.9 Å². The molecule has 1 aromatic carbocycles. The highest BCUT2D eigenvalue weighted by Gasteiger charge is 2.27. The van der Waals surface area contributed by atoms with Crippen molar-refractivity contribution in [3.8, 4) is 5.75 Å². The van der Waals surface area contributed by atoms with Gasteiger partial charge >= 0.3 is 0 Å². The number of hydrogen-bond acceptors (Lipinski definition) is 2. The van der Waals surface area contributed by atoms with Gasteiger partial charge in [-0.25, -0.2) is 4.39 Å². The topological polar surface area (TPSA) is 21.3 Å². The third-order valence-electron chi connectivity index (χ3n) is 4.06. The molecule has 1 aliphatic rings. The minimum Gasteiger partial charge on any atom is -0.494 e. The van der Waals surface area contributed by atoms with Crippen LogP contribution in [-0.4, -0.2) is 19.7 Å². The summed E-state index contributed by atoms with van der Waals surface area (Å²) < 4.78 is 19.2. The fourth-order valence-corrected chi connectivity index (χ4v) is 3.03. The van der Waals surface area contributed by atoms with Gasteiger partial charge in [0.2, 0.25) is 0 Å². The van der Waals surface area contributed by atoms with Gasteiger partial charge in [-0.05, 0) is 49.8 Å². The second-order valence-electron chi connectivity index (χ2n) is 5.39. The summed E-state index contributed by atoms with van der Waals surface area (Å²) in [5.41, 5.74) is 0.787. The molecule has 0 saturated heterocycles. The largest absolute Gasteiger partial charge is 0.494 e. The summed E-state index contributed by atoms with van der Waals surface area (Å²) >= 11 is 0. The van der Waals surface area contributed by atoms with Crippen molar-refractivity contribution < 1.29 is 9.13 Å². The zero-order chi connectivity index (χ0) is 13.7. The molecule has 0 amide bonds. The Balaban J connectivity index is 2.03. The van der Waals surface area contributed by atoms with E-state index in [0.29, 0.717) is 17.7 Å². The molecule has 19 heavy (non-hydrogen) atoms. The van der Waals surface area contributed by atoms with Crippen molar-refractivity contribution in [3.05, 3.63) is 29.6 Å². The SMILES string of the molecule is CCCNC1CCCC1Cc1cccc(OC)c1F. The van der Waals surface area contributed by atoms with Gasteiger partial charge in [-0.2, -0.15) is 0 Å². The maximum atomic E-state index is 14.2. The van der Waals surface area contributed by atoms with E-state index in [4.69, 9.17) is 4.74 Å². The fourth-order valence-electron chi connectivity index (χ4n) is 3.03. The molecule has 3 heteroatoms. The van der Waals surface area contributed by atoms with Crippen LogP contribution < -0.4 is 10.1 Å². The molecule has 106 valence electrons. The second-order valence-corrected chi connectivity index (χ2v) is 5.39. The number of rotatable bonds is 6. The van der Waals surface area contributed by atoms with Gasteiger partial charge < -0.3 is 10.1 Å². The van der Waals surface area contributed by atoms with Gasteiger partial charge in [-0.1, -0.05) is 25.5 Å². The number of halogens is 1. The van der Waals surface area contributed by atoms with Gasteiger partial charge in [-0.15, -0.1) is 0 Å². The van der Waals surface area contributed by atoms with Gasteiger partial charge in [0.1, 0.15) is 0 Å². The number of nitrogens with one attached hydrogen (secondary N) is 1. The van der Waals surface area contributed by atoms with E-state index < -0.39 is 0 Å². The van der Waals surface area contributed by atoms with Crippen molar-refractivity contribution in [1.29, 1.82) is 0 Å². The molecule has 1 saturated carbocycles. The second kappa shape index (κ2) is 6.90. The Morgan fingerprint density at radius 2 is 2.21 bits per heavy atom. The van der Waals surface area contributed by atoms with Crippen molar-refractivity contribution in [2.24, 2.45) is 5.92 Å². The maximum Gasteiger partial charge on any atom is 0.168 e. The highest BCUT2D eigenvalue weighted by atomic mass is 19.1. The Hall–Kier alpha value is -1.09. The molecule has 0 aliphatic heterocycles. The third kappa shape index (κ3) is 3.47. The van der Waals surface area contributed by atoms with Crippen LogP contribution in [0.3, 0.4) is 0 Å². The zero-order valence-electron chi connectivity index (χ0n) is 11.9. The average molecular weight is 265 g/mol. The number of benzene rings is 1. The summed E-state index contributed by atoms with van der Waals surface area (Å²) in [5, 5.41) is 3.60. The normalized spacial score (nSPS) is 22.7. The van der Waals surface area contributed by atoms with E-state index >= 15 is 0 Å². The van der Waals surface area contributed by atoms with E-state index in [2.05, 4.69) is 12.2 Å². The summed E-state index contributed by atoms with van der Waals surface area (Å²) in [5.74, 6) is 0.716. The first-order valence-corrected chi connectivity index (χ1v) is 7.31. The van der Waals surface area contributed by atoms with Crippen LogP contribution in [0.25, 0.3) is 0 Å². The number of hydrogen-bond donors (Lipinski definition) is 1. The molecule has 0 bridgehead atoms. The van der Waals surface area contributed by atoms with Crippen molar-refractivity contribution >= 4 is 0 Å². The van der Waals surface area contributed by atoms with Crippen LogP contribution in [0.2, 0.25) is 0 Å². The van der Waals surface area contributed by atoms with Gasteiger partial charge in [0, 0.05) is 6.04 Å². The van der Waals surface area contributed by atoms with Crippen LogP contribution in [-0.2, 0) is 6.42 Å². The van der Waals surface area contributed by atoms with Crippen LogP contribution in [0.1, 0.15) is 38.2 Å². The van der Waals surface area contributed by atoms with Crippen LogP contribution in [0.15, 0.2) is 18.2 Å². The zero-order valence-corrected chi connectivity index (χ0v) is 11.9. The van der Waals surface area contributed by atoms with Gasteiger partial charge in [0.05, 0.1) is 7.11 Å². The standard InChI is InChI=1S/C16H24FNO/c1-3-10-18-14-8-4-6-12(14)11-13-7-5-9-15(19-2)16(13)17/h5,7,9,12,14,18H,3-4,6,8,10-11H2,1-2H3. The smallest absolute Gasteiger partial charge is 0.168 e. The molecule has 1 fully saturated rings. The lowest BCUT2D eigenvalue weighted by atomic mass is 9.94. The number of ether oxygens (including phenoxy) is 1. The van der Waals surface area contributed by atoms with E-state index in [1.807, 2.05) is 12.1 Å². The van der Waals surface area contributed by atoms with E-state index in [1.54, 1.807) is 6.07 Å². The minimum atomic E-state index is -0.189. The van der Waals surface area contributed by atoms with Crippen molar-refractivity contribution in [2.45, 2.75) is 45.1 Å². The van der Waals surface area contributed by atoms with Gasteiger partial charge in [0.15, 0.2) is 11.6 Å². The maximum absolute atomic E-state index is 14.2. The molecule has 2 unspecified atom stereocenters. The minimum absolute atomic E-state index is 0.189. The Bertz CT molecular complexity index is 408. The Morgan fingerprint density at radius 3 is 2.95 bits per heavy atom. The molecule has 2 rings (SSSR count). The summed E-state index contributed by atoms with van der Waals surface area (Å²) in [6, 6.07) is 5.99. The predicted molar refractivity (Wildman–Crippen MR) is 76.1 cm³/mol. The number of methoxy groups -OCH3 is 1. The van der Waals surface area contributed by atoms with Gasteiger partial charge in [0.25, 0.3) is 0 Å².